The Kier molecular flexibility index (Phi) is 4.35. The van der Waals surface area contributed by atoms with Crippen molar-refractivity contribution in [2.24, 2.45) is 5.73 Å². The van der Waals surface area contributed by atoms with Crippen molar-refractivity contribution < 1.29 is 9.47 Å². The normalized spacial score (nSPS) is 14.3. The van der Waals surface area contributed by atoms with Gasteiger partial charge in [-0.1, -0.05) is 30.3 Å². The fourth-order valence-corrected chi connectivity index (χ4v) is 2.86. The van der Waals surface area contributed by atoms with Gasteiger partial charge in [-0.2, -0.15) is 5.10 Å². The number of H-pyrrole nitrogens is 1. The molecule has 0 aliphatic carbocycles. The lowest BCUT2D eigenvalue weighted by atomic mass is 10.1. The predicted octanol–water partition coefficient (Wildman–Crippen LogP) is 2.88. The molecule has 0 saturated carbocycles. The molecule has 1 aromatic heterocycles. The lowest BCUT2D eigenvalue weighted by Gasteiger charge is -2.18. The third-order valence-electron chi connectivity index (χ3n) is 4.24. The van der Waals surface area contributed by atoms with E-state index >= 15 is 0 Å². The van der Waals surface area contributed by atoms with Gasteiger partial charge in [-0.15, -0.1) is 0 Å². The Hall–Kier alpha value is -2.86. The van der Waals surface area contributed by atoms with Gasteiger partial charge in [-0.25, -0.2) is 4.98 Å². The van der Waals surface area contributed by atoms with Crippen LogP contribution in [0.5, 0.6) is 11.5 Å². The quantitative estimate of drug-likeness (QED) is 0.748. The number of aryl methyl sites for hydroxylation is 1. The van der Waals surface area contributed by atoms with E-state index in [9.17, 15) is 0 Å². The third-order valence-corrected chi connectivity index (χ3v) is 4.24. The Bertz CT molecular complexity index is 848. The van der Waals surface area contributed by atoms with E-state index in [4.69, 9.17) is 15.2 Å². The van der Waals surface area contributed by atoms with Crippen molar-refractivity contribution in [2.75, 3.05) is 13.2 Å². The highest BCUT2D eigenvalue weighted by Gasteiger charge is 2.16. The number of fused-ring (bicyclic) bond motifs is 1. The van der Waals surface area contributed by atoms with E-state index < -0.39 is 0 Å². The molecule has 0 saturated heterocycles. The van der Waals surface area contributed by atoms with Crippen LogP contribution in [0.2, 0.25) is 0 Å². The van der Waals surface area contributed by atoms with Crippen LogP contribution in [-0.4, -0.2) is 28.4 Å². The van der Waals surface area contributed by atoms with Crippen LogP contribution in [0.1, 0.15) is 23.9 Å². The maximum absolute atomic E-state index is 6.27. The second-order valence-corrected chi connectivity index (χ2v) is 6.03. The van der Waals surface area contributed by atoms with E-state index in [0.717, 1.165) is 29.9 Å². The molecule has 6 heteroatoms. The summed E-state index contributed by atoms with van der Waals surface area (Å²) in [5.74, 6) is 2.79. The minimum atomic E-state index is -0.182. The van der Waals surface area contributed by atoms with Crippen LogP contribution < -0.4 is 15.2 Å². The van der Waals surface area contributed by atoms with E-state index in [0.29, 0.717) is 24.9 Å². The number of aromatic nitrogens is 3. The summed E-state index contributed by atoms with van der Waals surface area (Å²) in [5.41, 5.74) is 8.41. The Balaban J connectivity index is 1.46. The summed E-state index contributed by atoms with van der Waals surface area (Å²) < 4.78 is 11.2. The molecule has 2 aromatic carbocycles. The number of hydrogen-bond acceptors (Lipinski definition) is 5. The minimum Gasteiger partial charge on any atom is -0.486 e. The van der Waals surface area contributed by atoms with Gasteiger partial charge in [0.05, 0.1) is 6.04 Å². The average molecular weight is 336 g/mol. The Morgan fingerprint density at radius 2 is 1.84 bits per heavy atom. The number of rotatable bonds is 5. The summed E-state index contributed by atoms with van der Waals surface area (Å²) in [7, 11) is 0. The molecular weight excluding hydrogens is 316 g/mol. The molecule has 128 valence electrons. The molecule has 2 heterocycles. The zero-order valence-electron chi connectivity index (χ0n) is 13.8. The third kappa shape index (κ3) is 3.49. The van der Waals surface area contributed by atoms with E-state index in [-0.39, 0.29) is 6.04 Å². The number of ether oxygens (including phenoxy) is 2. The molecule has 0 bridgehead atoms. The molecule has 4 rings (SSSR count). The number of nitrogens with one attached hydrogen (secondary N) is 1. The number of aromatic amines is 1. The Morgan fingerprint density at radius 1 is 1.04 bits per heavy atom. The molecule has 0 unspecified atom stereocenters. The molecule has 1 aliphatic heterocycles. The number of hydrogen-bond donors (Lipinski definition) is 2. The van der Waals surface area contributed by atoms with Gasteiger partial charge < -0.3 is 15.2 Å². The topological polar surface area (TPSA) is 86.1 Å². The smallest absolute Gasteiger partial charge is 0.181 e. The van der Waals surface area contributed by atoms with Gasteiger partial charge in [-0.05, 0) is 36.6 Å². The molecule has 3 N–H and O–H groups in total. The van der Waals surface area contributed by atoms with Crippen molar-refractivity contribution in [2.45, 2.75) is 18.9 Å². The Morgan fingerprint density at radius 3 is 2.68 bits per heavy atom. The summed E-state index contributed by atoms with van der Waals surface area (Å²) in [6.45, 7) is 1.13. The van der Waals surface area contributed by atoms with Crippen molar-refractivity contribution in [1.82, 2.24) is 15.2 Å². The lowest BCUT2D eigenvalue weighted by molar-refractivity contribution is 0.171. The van der Waals surface area contributed by atoms with E-state index in [1.807, 2.05) is 36.4 Å². The predicted molar refractivity (Wildman–Crippen MR) is 94.5 cm³/mol. The number of nitrogens with two attached hydrogens (primary N) is 1. The maximum atomic E-state index is 6.27. The molecule has 1 atom stereocenters. The Labute approximate surface area is 146 Å². The van der Waals surface area contributed by atoms with Gasteiger partial charge in [0, 0.05) is 5.56 Å². The SMILES string of the molecule is N[C@H](CCc1ccccc1)c1nc(-c2ccc3c(c2)OCCO3)n[nH]1. The van der Waals surface area contributed by atoms with Crippen LogP contribution >= 0.6 is 0 Å². The second kappa shape index (κ2) is 6.94. The highest BCUT2D eigenvalue weighted by Crippen LogP contribution is 2.33. The summed E-state index contributed by atoms with van der Waals surface area (Å²) in [4.78, 5) is 4.55. The van der Waals surface area contributed by atoms with Gasteiger partial charge in [0.25, 0.3) is 0 Å². The van der Waals surface area contributed by atoms with Crippen LogP contribution in [0.3, 0.4) is 0 Å². The number of nitrogens with zero attached hydrogens (tertiary/aromatic N) is 2. The van der Waals surface area contributed by atoms with Crippen molar-refractivity contribution in [1.29, 1.82) is 0 Å². The van der Waals surface area contributed by atoms with Crippen LogP contribution in [0.15, 0.2) is 48.5 Å². The fraction of sp³-hybridized carbons (Fsp3) is 0.263. The zero-order valence-corrected chi connectivity index (χ0v) is 13.8. The van der Waals surface area contributed by atoms with Crippen LogP contribution in [0.25, 0.3) is 11.4 Å². The van der Waals surface area contributed by atoms with Crippen LogP contribution in [-0.2, 0) is 6.42 Å². The minimum absolute atomic E-state index is 0.182. The zero-order chi connectivity index (χ0) is 17.1. The first kappa shape index (κ1) is 15.7. The molecule has 0 fully saturated rings. The van der Waals surface area contributed by atoms with Gasteiger partial charge in [0.2, 0.25) is 0 Å². The summed E-state index contributed by atoms with van der Waals surface area (Å²) in [5, 5.41) is 7.26. The summed E-state index contributed by atoms with van der Waals surface area (Å²) in [6, 6.07) is 15.8. The van der Waals surface area contributed by atoms with Gasteiger partial charge in [0.15, 0.2) is 17.3 Å². The highest BCUT2D eigenvalue weighted by atomic mass is 16.6. The number of benzene rings is 2. The lowest BCUT2D eigenvalue weighted by Crippen LogP contribution is -2.15. The summed E-state index contributed by atoms with van der Waals surface area (Å²) >= 11 is 0. The van der Waals surface area contributed by atoms with Crippen molar-refractivity contribution in [3.05, 3.63) is 59.9 Å². The largest absolute Gasteiger partial charge is 0.486 e. The molecule has 6 nitrogen and oxygen atoms in total. The van der Waals surface area contributed by atoms with Gasteiger partial charge in [-0.3, -0.25) is 5.10 Å². The first-order chi connectivity index (χ1) is 12.3. The molecule has 0 amide bonds. The monoisotopic (exact) mass is 336 g/mol. The second-order valence-electron chi connectivity index (χ2n) is 6.03. The summed E-state index contributed by atoms with van der Waals surface area (Å²) in [6.07, 6.45) is 1.71. The molecule has 25 heavy (non-hydrogen) atoms. The van der Waals surface area contributed by atoms with Crippen molar-refractivity contribution in [3.63, 3.8) is 0 Å². The van der Waals surface area contributed by atoms with E-state index in [1.54, 1.807) is 0 Å². The molecule has 3 aromatic rings. The standard InChI is InChI=1S/C19H20N4O2/c20-15(8-6-13-4-2-1-3-5-13)19-21-18(22-23-19)14-7-9-16-17(12-14)25-11-10-24-16/h1-5,7,9,12,15H,6,8,10-11,20H2,(H,21,22,23)/t15-/m1/s1. The van der Waals surface area contributed by atoms with Crippen molar-refractivity contribution >= 4 is 0 Å². The van der Waals surface area contributed by atoms with E-state index in [2.05, 4.69) is 27.3 Å². The maximum Gasteiger partial charge on any atom is 0.181 e. The first-order valence-corrected chi connectivity index (χ1v) is 8.41. The fourth-order valence-electron chi connectivity index (χ4n) is 2.86. The van der Waals surface area contributed by atoms with Crippen molar-refractivity contribution in [3.8, 4) is 22.9 Å². The van der Waals surface area contributed by atoms with E-state index in [1.165, 1.54) is 5.56 Å². The van der Waals surface area contributed by atoms with Crippen LogP contribution in [0, 0.1) is 0 Å². The van der Waals surface area contributed by atoms with Gasteiger partial charge in [0.1, 0.15) is 19.0 Å². The molecule has 0 radical (unpaired) electrons. The molecule has 0 spiro atoms. The first-order valence-electron chi connectivity index (χ1n) is 8.41. The highest BCUT2D eigenvalue weighted by molar-refractivity contribution is 5.61. The van der Waals surface area contributed by atoms with Gasteiger partial charge >= 0.3 is 0 Å². The molecule has 1 aliphatic rings. The van der Waals surface area contributed by atoms with Crippen LogP contribution in [0.4, 0.5) is 0 Å². The molecular formula is C19H20N4O2. The average Bonchev–Trinajstić information content (AvgIpc) is 3.17.